The molecular formula is C33H31F3N4O3. The van der Waals surface area contributed by atoms with Crippen molar-refractivity contribution in [2.24, 2.45) is 0 Å². The van der Waals surface area contributed by atoms with E-state index in [0.717, 1.165) is 19.4 Å². The molecule has 0 saturated carbocycles. The van der Waals surface area contributed by atoms with Crippen molar-refractivity contribution >= 4 is 27.5 Å². The minimum atomic E-state index is -0.640. The molecule has 0 amide bonds. The van der Waals surface area contributed by atoms with E-state index >= 15 is 4.39 Å². The Hall–Kier alpha value is -4.07. The molecule has 7 nitrogen and oxygen atoms in total. The fraction of sp³-hybridized carbons (Fsp3) is 0.394. The van der Waals surface area contributed by atoms with Crippen molar-refractivity contribution in [1.82, 2.24) is 14.9 Å². The summed E-state index contributed by atoms with van der Waals surface area (Å²) in [6.07, 6.45) is 9.42. The summed E-state index contributed by atoms with van der Waals surface area (Å²) in [5.74, 6) is 1.62. The summed E-state index contributed by atoms with van der Waals surface area (Å²) in [6.45, 7) is 3.11. The monoisotopic (exact) mass is 588 g/mol. The van der Waals surface area contributed by atoms with Gasteiger partial charge >= 0.3 is 6.01 Å². The second kappa shape index (κ2) is 10.9. The van der Waals surface area contributed by atoms with Gasteiger partial charge in [0.25, 0.3) is 0 Å². The molecule has 0 spiro atoms. The van der Waals surface area contributed by atoms with Crippen molar-refractivity contribution in [3.8, 4) is 35.2 Å². The number of hydrogen-bond acceptors (Lipinski definition) is 7. The summed E-state index contributed by atoms with van der Waals surface area (Å²) < 4.78 is 54.2. The average Bonchev–Trinajstić information content (AvgIpc) is 3.80. The number of aromatic hydroxyl groups is 1. The number of halogens is 3. The first-order valence-corrected chi connectivity index (χ1v) is 14.6. The molecule has 43 heavy (non-hydrogen) atoms. The van der Waals surface area contributed by atoms with E-state index in [1.165, 1.54) is 44.2 Å². The number of morpholine rings is 1. The van der Waals surface area contributed by atoms with Gasteiger partial charge < -0.3 is 19.5 Å². The average molecular weight is 589 g/mol. The zero-order valence-electron chi connectivity index (χ0n) is 23.7. The largest absolute Gasteiger partial charge is 0.508 e. The summed E-state index contributed by atoms with van der Waals surface area (Å²) >= 11 is 0. The van der Waals surface area contributed by atoms with E-state index in [1.54, 1.807) is 12.1 Å². The third kappa shape index (κ3) is 4.81. The lowest BCUT2D eigenvalue weighted by atomic mass is 9.93. The van der Waals surface area contributed by atoms with Gasteiger partial charge in [0.15, 0.2) is 5.82 Å². The maximum atomic E-state index is 16.1. The molecule has 1 N–H and O–H groups in total. The zero-order valence-corrected chi connectivity index (χ0v) is 23.7. The molecule has 4 unspecified atom stereocenters. The van der Waals surface area contributed by atoms with Crippen LogP contribution < -0.4 is 9.64 Å². The van der Waals surface area contributed by atoms with Gasteiger partial charge in [-0.15, -0.1) is 6.42 Å². The number of alkyl halides is 1. The summed E-state index contributed by atoms with van der Waals surface area (Å²) in [5, 5.41) is 11.7. The predicted molar refractivity (Wildman–Crippen MR) is 158 cm³/mol. The van der Waals surface area contributed by atoms with Gasteiger partial charge in [-0.2, -0.15) is 9.97 Å². The molecule has 4 saturated heterocycles. The van der Waals surface area contributed by atoms with Crippen LogP contribution in [-0.4, -0.2) is 77.7 Å². The Bertz CT molecular complexity index is 1760. The Morgan fingerprint density at radius 2 is 1.93 bits per heavy atom. The second-order valence-electron chi connectivity index (χ2n) is 11.6. The summed E-state index contributed by atoms with van der Waals surface area (Å²) in [4.78, 5) is 13.2. The number of aromatic nitrogens is 2. The van der Waals surface area contributed by atoms with Crippen molar-refractivity contribution in [2.75, 3.05) is 38.3 Å². The lowest BCUT2D eigenvalue weighted by molar-refractivity contribution is 0.0989. The molecule has 5 heterocycles. The van der Waals surface area contributed by atoms with Crippen molar-refractivity contribution in [2.45, 2.75) is 50.0 Å². The van der Waals surface area contributed by atoms with Gasteiger partial charge in [0.1, 0.15) is 29.1 Å². The molecule has 0 radical (unpaired) electrons. The molecule has 1 aromatic heterocycles. The highest BCUT2D eigenvalue weighted by Gasteiger charge is 2.41. The van der Waals surface area contributed by atoms with Crippen LogP contribution in [0.4, 0.5) is 19.0 Å². The van der Waals surface area contributed by atoms with E-state index in [0.29, 0.717) is 47.7 Å². The Labute approximate surface area is 247 Å². The van der Waals surface area contributed by atoms with E-state index in [4.69, 9.17) is 15.9 Å². The molecule has 10 heteroatoms. The number of phenolic OH excluding ortho intramolecular Hbond substituents is 1. The van der Waals surface area contributed by atoms with Crippen LogP contribution in [0.1, 0.15) is 31.2 Å². The Kier molecular flexibility index (Phi) is 7.02. The van der Waals surface area contributed by atoms with Crippen molar-refractivity contribution in [1.29, 1.82) is 0 Å². The molecule has 4 fully saturated rings. The highest BCUT2D eigenvalue weighted by molar-refractivity contribution is 6.04. The first-order chi connectivity index (χ1) is 20.8. The van der Waals surface area contributed by atoms with E-state index in [2.05, 4.69) is 25.7 Å². The van der Waals surface area contributed by atoms with Crippen LogP contribution in [0.5, 0.6) is 11.8 Å². The topological polar surface area (TPSA) is 71.0 Å². The maximum Gasteiger partial charge on any atom is 0.318 e. The number of rotatable bonds is 3. The van der Waals surface area contributed by atoms with Gasteiger partial charge in [-0.25, -0.2) is 13.2 Å². The number of ether oxygens (including phenoxy) is 2. The molecule has 4 aliphatic rings. The zero-order chi connectivity index (χ0) is 29.8. The van der Waals surface area contributed by atoms with Crippen molar-refractivity contribution < 1.29 is 27.8 Å². The third-order valence-corrected chi connectivity index (χ3v) is 9.07. The number of fused-ring (bicyclic) bond motifs is 5. The number of anilines is 1. The number of hydrogen-bond donors (Lipinski definition) is 1. The van der Waals surface area contributed by atoms with Crippen LogP contribution in [0.15, 0.2) is 36.4 Å². The van der Waals surface area contributed by atoms with E-state index in [1.807, 2.05) is 0 Å². The van der Waals surface area contributed by atoms with Gasteiger partial charge in [-0.3, -0.25) is 4.90 Å². The van der Waals surface area contributed by atoms with Gasteiger partial charge in [0, 0.05) is 35.5 Å². The van der Waals surface area contributed by atoms with E-state index < -0.39 is 17.8 Å². The van der Waals surface area contributed by atoms with Crippen LogP contribution in [-0.2, 0) is 4.74 Å². The molecule has 4 aromatic rings. The minimum absolute atomic E-state index is 0.000969. The maximum absolute atomic E-state index is 16.1. The van der Waals surface area contributed by atoms with Crippen LogP contribution >= 0.6 is 0 Å². The lowest BCUT2D eigenvalue weighted by Gasteiger charge is -2.29. The van der Waals surface area contributed by atoms with Gasteiger partial charge in [0.05, 0.1) is 31.4 Å². The van der Waals surface area contributed by atoms with Gasteiger partial charge in [0.2, 0.25) is 0 Å². The minimum Gasteiger partial charge on any atom is -0.508 e. The number of nitrogens with zero attached hydrogens (tertiary/aromatic N) is 4. The molecule has 2 bridgehead atoms. The van der Waals surface area contributed by atoms with Crippen LogP contribution in [0.25, 0.3) is 32.8 Å². The highest BCUT2D eigenvalue weighted by Crippen LogP contribution is 2.41. The lowest BCUT2D eigenvalue weighted by Crippen LogP contribution is -2.37. The molecule has 3 aromatic carbocycles. The van der Waals surface area contributed by atoms with Gasteiger partial charge in [-0.1, -0.05) is 18.1 Å². The van der Waals surface area contributed by atoms with Crippen LogP contribution in [0.3, 0.4) is 0 Å². The highest BCUT2D eigenvalue weighted by atomic mass is 19.1. The standard InChI is InChI=1S/C26H19F2N3O3.C7H12FN/c1-3-17-21(27)7-4-13-8-15(32)10-20(22(13)17)18-5-6-19-24(23(18)28)29-26(33-2)30-25(19)31-11-16-9-14(31)12-34-16;8-6-4-7-2-1-3-9(7)5-6/h1,4-8,10,14,16,32H,9,11-12H2,2H3;6-7H,1-5H2. The first-order valence-electron chi connectivity index (χ1n) is 14.6. The predicted octanol–water partition coefficient (Wildman–Crippen LogP) is 5.59. The summed E-state index contributed by atoms with van der Waals surface area (Å²) in [5.41, 5.74) is 0.474. The van der Waals surface area contributed by atoms with E-state index in [-0.39, 0.29) is 46.1 Å². The van der Waals surface area contributed by atoms with E-state index in [9.17, 15) is 13.9 Å². The number of phenols is 1. The Balaban J connectivity index is 0.000000283. The Morgan fingerprint density at radius 3 is 2.65 bits per heavy atom. The fourth-order valence-corrected chi connectivity index (χ4v) is 7.11. The van der Waals surface area contributed by atoms with Crippen LogP contribution in [0.2, 0.25) is 0 Å². The molecule has 222 valence electrons. The Morgan fingerprint density at radius 1 is 1.07 bits per heavy atom. The van der Waals surface area contributed by atoms with Crippen molar-refractivity contribution in [3.63, 3.8) is 0 Å². The first kappa shape index (κ1) is 27.7. The number of benzene rings is 3. The van der Waals surface area contributed by atoms with Crippen molar-refractivity contribution in [3.05, 3.63) is 53.6 Å². The summed E-state index contributed by atoms with van der Waals surface area (Å²) in [7, 11) is 1.43. The quantitative estimate of drug-likeness (QED) is 0.313. The smallest absolute Gasteiger partial charge is 0.318 e. The molecule has 4 aliphatic heterocycles. The molecular weight excluding hydrogens is 557 g/mol. The number of terminal acetylenes is 1. The molecule has 0 aliphatic carbocycles. The van der Waals surface area contributed by atoms with Crippen LogP contribution in [0, 0.1) is 24.0 Å². The molecule has 4 atom stereocenters. The number of methoxy groups -OCH3 is 1. The second-order valence-corrected chi connectivity index (χ2v) is 11.6. The van der Waals surface area contributed by atoms with Gasteiger partial charge in [-0.05, 0) is 67.4 Å². The SMILES string of the molecule is C#Cc1c(F)ccc2cc(O)cc(-c3ccc4c(N5CC6CC5CO6)nc(OC)nc4c3F)c12.FC1CC2CCCN2C1. The fourth-order valence-electron chi connectivity index (χ4n) is 7.11. The molecule has 8 rings (SSSR count). The summed E-state index contributed by atoms with van der Waals surface area (Å²) in [6, 6.07) is 9.71. The normalized spacial score (nSPS) is 24.3. The third-order valence-electron chi connectivity index (χ3n) is 9.07.